The number of carbonyl (C=O) groups excluding carboxylic acids is 1. The average molecular weight is 328 g/mol. The van der Waals surface area contributed by atoms with E-state index in [2.05, 4.69) is 20.6 Å². The molecule has 3 N–H and O–H groups in total. The second kappa shape index (κ2) is 6.33. The highest BCUT2D eigenvalue weighted by Crippen LogP contribution is 2.22. The standard InChI is InChI=1S/C17H20N4O3/c22-15-9-24-8-14(15)20-16(23)10-4-5-11-7-18-17(21-13(11)6-10)19-12-2-1-3-12/h4-7,12,14-15,22H,1-3,8-9H2,(H,20,23)(H,18,19,21). The Balaban J connectivity index is 1.53. The van der Waals surface area contributed by atoms with E-state index in [0.717, 1.165) is 23.7 Å². The van der Waals surface area contributed by atoms with Crippen LogP contribution >= 0.6 is 0 Å². The number of aliphatic hydroxyl groups excluding tert-OH is 1. The number of nitrogens with one attached hydrogen (secondary N) is 2. The van der Waals surface area contributed by atoms with E-state index in [9.17, 15) is 9.90 Å². The van der Waals surface area contributed by atoms with Crippen LogP contribution in [0.3, 0.4) is 0 Å². The van der Waals surface area contributed by atoms with Crippen LogP contribution in [0.5, 0.6) is 0 Å². The highest BCUT2D eigenvalue weighted by Gasteiger charge is 2.28. The van der Waals surface area contributed by atoms with Crippen molar-refractivity contribution in [3.05, 3.63) is 30.0 Å². The van der Waals surface area contributed by atoms with E-state index in [4.69, 9.17) is 4.74 Å². The van der Waals surface area contributed by atoms with Crippen LogP contribution in [-0.2, 0) is 4.74 Å². The summed E-state index contributed by atoms with van der Waals surface area (Å²) in [5, 5.41) is 16.7. The van der Waals surface area contributed by atoms with Gasteiger partial charge in [0.15, 0.2) is 0 Å². The molecule has 2 fully saturated rings. The van der Waals surface area contributed by atoms with Crippen LogP contribution in [0.2, 0.25) is 0 Å². The van der Waals surface area contributed by atoms with Crippen molar-refractivity contribution in [2.75, 3.05) is 18.5 Å². The molecule has 0 bridgehead atoms. The topological polar surface area (TPSA) is 96.4 Å². The molecule has 1 saturated carbocycles. The van der Waals surface area contributed by atoms with E-state index in [-0.39, 0.29) is 18.6 Å². The van der Waals surface area contributed by atoms with Crippen LogP contribution in [0.4, 0.5) is 5.95 Å². The molecule has 0 spiro atoms. The minimum Gasteiger partial charge on any atom is -0.388 e. The van der Waals surface area contributed by atoms with E-state index >= 15 is 0 Å². The first-order chi connectivity index (χ1) is 11.7. The van der Waals surface area contributed by atoms with Crippen LogP contribution in [-0.4, -0.2) is 52.4 Å². The molecule has 4 rings (SSSR count). The maximum atomic E-state index is 12.4. The fraction of sp³-hybridized carbons (Fsp3) is 0.471. The fourth-order valence-corrected chi connectivity index (χ4v) is 2.90. The first-order valence-corrected chi connectivity index (χ1v) is 8.29. The lowest BCUT2D eigenvalue weighted by Crippen LogP contribution is -2.42. The SMILES string of the molecule is O=C(NC1COCC1O)c1ccc2cnc(NC3CCC3)nc2c1. The van der Waals surface area contributed by atoms with E-state index < -0.39 is 6.10 Å². The third kappa shape index (κ3) is 3.05. The first-order valence-electron chi connectivity index (χ1n) is 8.29. The molecule has 2 aliphatic rings. The molecular weight excluding hydrogens is 308 g/mol. The number of ether oxygens (including phenoxy) is 1. The Hall–Kier alpha value is -2.25. The van der Waals surface area contributed by atoms with Crippen molar-refractivity contribution in [3.8, 4) is 0 Å². The number of nitrogens with zero attached hydrogens (tertiary/aromatic N) is 2. The van der Waals surface area contributed by atoms with Gasteiger partial charge < -0.3 is 20.5 Å². The zero-order chi connectivity index (χ0) is 16.5. The van der Waals surface area contributed by atoms with Crippen molar-refractivity contribution in [1.29, 1.82) is 0 Å². The largest absolute Gasteiger partial charge is 0.388 e. The van der Waals surface area contributed by atoms with E-state index in [1.165, 1.54) is 6.42 Å². The van der Waals surface area contributed by atoms with Crippen LogP contribution in [0, 0.1) is 0 Å². The number of fused-ring (bicyclic) bond motifs is 1. The summed E-state index contributed by atoms with van der Waals surface area (Å²) in [6.07, 6.45) is 4.65. The highest BCUT2D eigenvalue weighted by atomic mass is 16.5. The van der Waals surface area contributed by atoms with Gasteiger partial charge in [-0.25, -0.2) is 9.97 Å². The molecule has 7 heteroatoms. The number of amides is 1. The molecule has 2 unspecified atom stereocenters. The van der Waals surface area contributed by atoms with Gasteiger partial charge in [-0.2, -0.15) is 0 Å². The predicted molar refractivity (Wildman–Crippen MR) is 88.9 cm³/mol. The smallest absolute Gasteiger partial charge is 0.251 e. The summed E-state index contributed by atoms with van der Waals surface area (Å²) in [5.74, 6) is 0.364. The van der Waals surface area contributed by atoms with Crippen LogP contribution < -0.4 is 10.6 Å². The van der Waals surface area contributed by atoms with Crippen molar-refractivity contribution in [1.82, 2.24) is 15.3 Å². The summed E-state index contributed by atoms with van der Waals surface area (Å²) in [6, 6.07) is 5.41. The predicted octanol–water partition coefficient (Wildman–Crippen LogP) is 1.08. The molecule has 1 aromatic carbocycles. The van der Waals surface area contributed by atoms with Crippen molar-refractivity contribution >= 4 is 22.8 Å². The average Bonchev–Trinajstić information content (AvgIpc) is 2.95. The minimum absolute atomic E-state index is 0.237. The maximum absolute atomic E-state index is 12.4. The van der Waals surface area contributed by atoms with Crippen LogP contribution in [0.15, 0.2) is 24.4 Å². The van der Waals surface area contributed by atoms with Gasteiger partial charge in [-0.3, -0.25) is 4.79 Å². The summed E-state index contributed by atoms with van der Waals surface area (Å²) in [4.78, 5) is 21.2. The number of rotatable bonds is 4. The number of anilines is 1. The monoisotopic (exact) mass is 328 g/mol. The Bertz CT molecular complexity index is 763. The van der Waals surface area contributed by atoms with Crippen molar-refractivity contribution in [2.45, 2.75) is 37.5 Å². The number of benzene rings is 1. The van der Waals surface area contributed by atoms with Gasteiger partial charge in [0.2, 0.25) is 5.95 Å². The molecule has 7 nitrogen and oxygen atoms in total. The summed E-state index contributed by atoms with van der Waals surface area (Å²) >= 11 is 0. The zero-order valence-electron chi connectivity index (χ0n) is 13.2. The molecule has 1 aliphatic heterocycles. The Kier molecular flexibility index (Phi) is 4.03. The second-order valence-corrected chi connectivity index (χ2v) is 6.42. The van der Waals surface area contributed by atoms with Gasteiger partial charge in [-0.1, -0.05) is 6.07 Å². The molecule has 126 valence electrons. The Labute approximate surface area is 139 Å². The number of hydrogen-bond donors (Lipinski definition) is 3. The van der Waals surface area contributed by atoms with Crippen LogP contribution in [0.1, 0.15) is 29.6 Å². The molecule has 1 amide bonds. The summed E-state index contributed by atoms with van der Waals surface area (Å²) < 4.78 is 5.15. The van der Waals surface area contributed by atoms with Gasteiger partial charge in [-0.15, -0.1) is 0 Å². The van der Waals surface area contributed by atoms with E-state index in [1.54, 1.807) is 18.3 Å². The molecule has 1 aliphatic carbocycles. The lowest BCUT2D eigenvalue weighted by Gasteiger charge is -2.26. The lowest BCUT2D eigenvalue weighted by molar-refractivity contribution is 0.0886. The minimum atomic E-state index is -0.657. The molecule has 1 saturated heterocycles. The van der Waals surface area contributed by atoms with Crippen LogP contribution in [0.25, 0.3) is 10.9 Å². The number of hydrogen-bond acceptors (Lipinski definition) is 6. The number of aromatic nitrogens is 2. The first kappa shape index (κ1) is 15.3. The van der Waals surface area contributed by atoms with Gasteiger partial charge in [0.1, 0.15) is 0 Å². The zero-order valence-corrected chi connectivity index (χ0v) is 13.2. The maximum Gasteiger partial charge on any atom is 0.251 e. The van der Waals surface area contributed by atoms with Gasteiger partial charge >= 0.3 is 0 Å². The molecule has 2 aromatic rings. The summed E-state index contributed by atoms with van der Waals surface area (Å²) in [6.45, 7) is 0.588. The van der Waals surface area contributed by atoms with Gasteiger partial charge in [0.25, 0.3) is 5.91 Å². The third-order valence-electron chi connectivity index (χ3n) is 4.65. The Morgan fingerprint density at radius 3 is 2.88 bits per heavy atom. The summed E-state index contributed by atoms with van der Waals surface area (Å²) in [7, 11) is 0. The van der Waals surface area contributed by atoms with Gasteiger partial charge in [0, 0.05) is 23.2 Å². The molecule has 2 atom stereocenters. The van der Waals surface area contributed by atoms with Gasteiger partial charge in [0.05, 0.1) is 30.9 Å². The number of aliphatic hydroxyl groups is 1. The van der Waals surface area contributed by atoms with Crippen molar-refractivity contribution in [2.24, 2.45) is 0 Å². The van der Waals surface area contributed by atoms with Gasteiger partial charge in [-0.05, 0) is 31.4 Å². The lowest BCUT2D eigenvalue weighted by atomic mass is 9.93. The third-order valence-corrected chi connectivity index (χ3v) is 4.65. The fourth-order valence-electron chi connectivity index (χ4n) is 2.90. The Morgan fingerprint density at radius 1 is 1.29 bits per heavy atom. The highest BCUT2D eigenvalue weighted by molar-refractivity contribution is 5.98. The Morgan fingerprint density at radius 2 is 2.17 bits per heavy atom. The molecule has 24 heavy (non-hydrogen) atoms. The van der Waals surface area contributed by atoms with E-state index in [1.807, 2.05) is 6.07 Å². The summed E-state index contributed by atoms with van der Waals surface area (Å²) in [5.41, 5.74) is 1.23. The quantitative estimate of drug-likeness (QED) is 0.777. The normalized spacial score (nSPS) is 23.9. The molecule has 1 aromatic heterocycles. The van der Waals surface area contributed by atoms with Crippen molar-refractivity contribution in [3.63, 3.8) is 0 Å². The van der Waals surface area contributed by atoms with Crippen molar-refractivity contribution < 1.29 is 14.6 Å². The molecular formula is C17H20N4O3. The molecule has 2 heterocycles. The second-order valence-electron chi connectivity index (χ2n) is 6.42. The number of carbonyl (C=O) groups is 1. The molecule has 0 radical (unpaired) electrons. The van der Waals surface area contributed by atoms with E-state index in [0.29, 0.717) is 24.2 Å².